The maximum atomic E-state index is 12.7. The number of hydrazine groups is 1. The molecule has 1 fully saturated rings. The molecule has 4 rings (SSSR count). The SMILES string of the molecule is CCOc1cc(NNC(=O)[C@H]2CC(=O)N(c3ccccc3)C2)ccc1OCc1ccccc1. The molecule has 0 spiro atoms. The zero-order valence-electron chi connectivity index (χ0n) is 18.5. The van der Waals surface area contributed by atoms with E-state index in [1.807, 2.05) is 67.6 Å². The Morgan fingerprint density at radius 1 is 0.970 bits per heavy atom. The molecule has 0 aromatic heterocycles. The van der Waals surface area contributed by atoms with E-state index in [1.54, 1.807) is 23.1 Å². The van der Waals surface area contributed by atoms with Crippen LogP contribution in [0.1, 0.15) is 18.9 Å². The Labute approximate surface area is 193 Å². The second-order valence-electron chi connectivity index (χ2n) is 7.72. The number of benzene rings is 3. The van der Waals surface area contributed by atoms with Crippen LogP contribution in [0.4, 0.5) is 11.4 Å². The highest BCUT2D eigenvalue weighted by Crippen LogP contribution is 2.31. The maximum Gasteiger partial charge on any atom is 0.243 e. The number of para-hydroxylation sites is 1. The van der Waals surface area contributed by atoms with Gasteiger partial charge in [0.05, 0.1) is 18.2 Å². The van der Waals surface area contributed by atoms with Crippen molar-refractivity contribution in [2.45, 2.75) is 20.0 Å². The molecule has 7 heteroatoms. The molecule has 0 saturated carbocycles. The molecule has 2 amide bonds. The normalized spacial score (nSPS) is 15.2. The Bertz CT molecular complexity index is 1090. The molecule has 3 aromatic rings. The van der Waals surface area contributed by atoms with Gasteiger partial charge in [0, 0.05) is 24.7 Å². The molecule has 33 heavy (non-hydrogen) atoms. The van der Waals surface area contributed by atoms with Gasteiger partial charge in [0.25, 0.3) is 0 Å². The van der Waals surface area contributed by atoms with Crippen LogP contribution in [0.3, 0.4) is 0 Å². The minimum absolute atomic E-state index is 0.0556. The Morgan fingerprint density at radius 2 is 1.70 bits per heavy atom. The summed E-state index contributed by atoms with van der Waals surface area (Å²) in [6.45, 7) is 3.17. The van der Waals surface area contributed by atoms with Crippen molar-refractivity contribution in [2.24, 2.45) is 5.92 Å². The third-order valence-electron chi connectivity index (χ3n) is 5.37. The Hall–Kier alpha value is -4.00. The monoisotopic (exact) mass is 445 g/mol. The van der Waals surface area contributed by atoms with Gasteiger partial charge in [0.15, 0.2) is 11.5 Å². The number of nitrogens with one attached hydrogen (secondary N) is 2. The van der Waals surface area contributed by atoms with Crippen LogP contribution in [0.25, 0.3) is 0 Å². The first-order valence-corrected chi connectivity index (χ1v) is 11.0. The second-order valence-corrected chi connectivity index (χ2v) is 7.72. The number of hydrogen-bond acceptors (Lipinski definition) is 5. The van der Waals surface area contributed by atoms with E-state index < -0.39 is 5.92 Å². The van der Waals surface area contributed by atoms with Gasteiger partial charge in [-0.05, 0) is 36.8 Å². The van der Waals surface area contributed by atoms with Gasteiger partial charge < -0.3 is 14.4 Å². The van der Waals surface area contributed by atoms with Gasteiger partial charge in [-0.2, -0.15) is 0 Å². The zero-order chi connectivity index (χ0) is 23.0. The minimum Gasteiger partial charge on any atom is -0.490 e. The molecule has 0 radical (unpaired) electrons. The summed E-state index contributed by atoms with van der Waals surface area (Å²) in [4.78, 5) is 26.7. The topological polar surface area (TPSA) is 79.9 Å². The van der Waals surface area contributed by atoms with Crippen LogP contribution < -0.4 is 25.2 Å². The van der Waals surface area contributed by atoms with E-state index in [1.165, 1.54) is 0 Å². The van der Waals surface area contributed by atoms with Crippen molar-refractivity contribution in [3.8, 4) is 11.5 Å². The highest BCUT2D eigenvalue weighted by Gasteiger charge is 2.35. The molecule has 3 aromatic carbocycles. The summed E-state index contributed by atoms with van der Waals surface area (Å²) >= 11 is 0. The van der Waals surface area contributed by atoms with Crippen LogP contribution in [0, 0.1) is 5.92 Å². The highest BCUT2D eigenvalue weighted by molar-refractivity contribution is 6.00. The van der Waals surface area contributed by atoms with E-state index in [2.05, 4.69) is 10.9 Å². The first-order chi connectivity index (χ1) is 16.1. The number of ether oxygens (including phenoxy) is 2. The summed E-state index contributed by atoms with van der Waals surface area (Å²) in [5, 5.41) is 0. The largest absolute Gasteiger partial charge is 0.490 e. The van der Waals surface area contributed by atoms with Crippen LogP contribution in [-0.4, -0.2) is 25.0 Å². The van der Waals surface area contributed by atoms with Crippen molar-refractivity contribution in [2.75, 3.05) is 23.5 Å². The molecule has 1 atom stereocenters. The lowest BCUT2D eigenvalue weighted by atomic mass is 10.1. The van der Waals surface area contributed by atoms with Gasteiger partial charge in [-0.25, -0.2) is 0 Å². The lowest BCUT2D eigenvalue weighted by Gasteiger charge is -2.17. The molecule has 170 valence electrons. The predicted molar refractivity (Wildman–Crippen MR) is 127 cm³/mol. The Balaban J connectivity index is 1.35. The van der Waals surface area contributed by atoms with Gasteiger partial charge in [-0.1, -0.05) is 48.5 Å². The summed E-state index contributed by atoms with van der Waals surface area (Å²) in [6, 6.07) is 24.7. The van der Waals surface area contributed by atoms with Crippen molar-refractivity contribution in [3.63, 3.8) is 0 Å². The van der Waals surface area contributed by atoms with E-state index in [9.17, 15) is 9.59 Å². The standard InChI is InChI=1S/C26H27N3O4/c1-2-32-24-16-21(13-14-23(24)33-18-19-9-5-3-6-10-19)27-28-26(31)20-15-25(30)29(17-20)22-11-7-4-8-12-22/h3-14,16,20,27H,2,15,17-18H2,1H3,(H,28,31)/t20-/m0/s1. The van der Waals surface area contributed by atoms with E-state index >= 15 is 0 Å². The fraction of sp³-hybridized carbons (Fsp3) is 0.231. The van der Waals surface area contributed by atoms with Gasteiger partial charge in [-0.3, -0.25) is 20.4 Å². The Morgan fingerprint density at radius 3 is 2.42 bits per heavy atom. The molecule has 1 saturated heterocycles. The number of hydrogen-bond donors (Lipinski definition) is 2. The molecule has 0 bridgehead atoms. The summed E-state index contributed by atoms with van der Waals surface area (Å²) in [7, 11) is 0. The first kappa shape index (κ1) is 22.2. The summed E-state index contributed by atoms with van der Waals surface area (Å²) < 4.78 is 11.6. The lowest BCUT2D eigenvalue weighted by molar-refractivity contribution is -0.125. The second kappa shape index (κ2) is 10.5. The van der Waals surface area contributed by atoms with Crippen LogP contribution in [0.5, 0.6) is 11.5 Å². The van der Waals surface area contributed by atoms with Gasteiger partial charge >= 0.3 is 0 Å². The van der Waals surface area contributed by atoms with Crippen molar-refractivity contribution in [1.29, 1.82) is 0 Å². The van der Waals surface area contributed by atoms with Crippen LogP contribution in [0.2, 0.25) is 0 Å². The molecule has 1 aliphatic heterocycles. The van der Waals surface area contributed by atoms with Crippen LogP contribution in [-0.2, 0) is 16.2 Å². The number of amides is 2. The number of rotatable bonds is 9. The van der Waals surface area contributed by atoms with E-state index in [0.29, 0.717) is 36.9 Å². The fourth-order valence-electron chi connectivity index (χ4n) is 3.69. The lowest BCUT2D eigenvalue weighted by Crippen LogP contribution is -2.36. The third-order valence-corrected chi connectivity index (χ3v) is 5.37. The Kier molecular flexibility index (Phi) is 7.09. The molecule has 2 N–H and O–H groups in total. The quantitative estimate of drug-likeness (QED) is 0.484. The average molecular weight is 446 g/mol. The molecule has 1 heterocycles. The summed E-state index contributed by atoms with van der Waals surface area (Å²) in [5.74, 6) is 0.491. The molecular weight excluding hydrogens is 418 g/mol. The van der Waals surface area contributed by atoms with E-state index in [-0.39, 0.29) is 18.2 Å². The highest BCUT2D eigenvalue weighted by atomic mass is 16.5. The first-order valence-electron chi connectivity index (χ1n) is 11.0. The van der Waals surface area contributed by atoms with E-state index in [4.69, 9.17) is 9.47 Å². The number of carbonyl (C=O) groups excluding carboxylic acids is 2. The number of carbonyl (C=O) groups is 2. The summed E-state index contributed by atoms with van der Waals surface area (Å²) in [5.41, 5.74) is 8.16. The summed E-state index contributed by atoms with van der Waals surface area (Å²) in [6.07, 6.45) is 0.179. The zero-order valence-corrected chi connectivity index (χ0v) is 18.5. The molecular formula is C26H27N3O4. The van der Waals surface area contributed by atoms with Gasteiger partial charge in [0.2, 0.25) is 11.8 Å². The van der Waals surface area contributed by atoms with Gasteiger partial charge in [-0.15, -0.1) is 0 Å². The van der Waals surface area contributed by atoms with Gasteiger partial charge in [0.1, 0.15) is 6.61 Å². The van der Waals surface area contributed by atoms with Crippen molar-refractivity contribution >= 4 is 23.2 Å². The molecule has 0 aliphatic carbocycles. The molecule has 1 aliphatic rings. The average Bonchev–Trinajstić information content (AvgIpc) is 3.25. The number of anilines is 2. The third kappa shape index (κ3) is 5.63. The van der Waals surface area contributed by atoms with Crippen molar-refractivity contribution in [3.05, 3.63) is 84.4 Å². The predicted octanol–water partition coefficient (Wildman–Crippen LogP) is 4.16. The maximum absolute atomic E-state index is 12.7. The van der Waals surface area contributed by atoms with Crippen LogP contribution in [0.15, 0.2) is 78.9 Å². The minimum atomic E-state index is -0.426. The smallest absolute Gasteiger partial charge is 0.243 e. The van der Waals surface area contributed by atoms with Crippen molar-refractivity contribution in [1.82, 2.24) is 5.43 Å². The van der Waals surface area contributed by atoms with E-state index in [0.717, 1.165) is 11.3 Å². The van der Waals surface area contributed by atoms with Crippen LogP contribution >= 0.6 is 0 Å². The number of nitrogens with zero attached hydrogens (tertiary/aromatic N) is 1. The molecule has 7 nitrogen and oxygen atoms in total. The fourth-order valence-corrected chi connectivity index (χ4v) is 3.69. The molecule has 0 unspecified atom stereocenters. The van der Waals surface area contributed by atoms with Crippen molar-refractivity contribution < 1.29 is 19.1 Å².